The molecular weight excluding hydrogens is 269 g/mol. The quantitative estimate of drug-likeness (QED) is 0.670. The van der Waals surface area contributed by atoms with Crippen LogP contribution in [0.25, 0.3) is 0 Å². The van der Waals surface area contributed by atoms with Gasteiger partial charge in [0, 0.05) is 10.1 Å². The minimum absolute atomic E-state index is 0.608. The maximum absolute atomic E-state index is 12.7. The van der Waals surface area contributed by atoms with Crippen LogP contribution in [0, 0.1) is 0 Å². The van der Waals surface area contributed by atoms with Gasteiger partial charge >= 0.3 is 6.18 Å². The van der Waals surface area contributed by atoms with Crippen molar-refractivity contribution in [1.82, 2.24) is 0 Å². The van der Waals surface area contributed by atoms with Crippen molar-refractivity contribution in [1.29, 1.82) is 0 Å². The van der Waals surface area contributed by atoms with Crippen LogP contribution in [0.3, 0.4) is 0 Å². The van der Waals surface area contributed by atoms with Crippen LogP contribution >= 0.6 is 11.8 Å². The average Bonchev–Trinajstić information content (AvgIpc) is 2.39. The van der Waals surface area contributed by atoms with Gasteiger partial charge in [0.15, 0.2) is 0 Å². The molecule has 0 aromatic heterocycles. The van der Waals surface area contributed by atoms with Crippen LogP contribution < -0.4 is 0 Å². The third-order valence-corrected chi connectivity index (χ3v) is 3.88. The predicted molar refractivity (Wildman–Crippen MR) is 72.2 cm³/mol. The highest BCUT2D eigenvalue weighted by Crippen LogP contribution is 2.42. The van der Waals surface area contributed by atoms with Crippen LogP contribution in [0.2, 0.25) is 0 Å². The summed E-state index contributed by atoms with van der Waals surface area (Å²) in [6.07, 6.45) is -4.99. The minimum atomic E-state index is -4.16. The van der Waals surface area contributed by atoms with E-state index in [9.17, 15) is 13.2 Å². The molecule has 0 aliphatic heterocycles. The van der Waals surface area contributed by atoms with Crippen LogP contribution in [-0.2, 0) is 0 Å². The Kier molecular flexibility index (Phi) is 4.53. The zero-order valence-electron chi connectivity index (χ0n) is 10.1. The zero-order chi connectivity index (χ0) is 13.7. The summed E-state index contributed by atoms with van der Waals surface area (Å²) in [6.45, 7) is 0. The molecule has 4 heteroatoms. The van der Waals surface area contributed by atoms with Gasteiger partial charge in [0.25, 0.3) is 0 Å². The molecule has 1 unspecified atom stereocenters. The van der Waals surface area contributed by atoms with Gasteiger partial charge in [-0.3, -0.25) is 0 Å². The normalized spacial score (nSPS) is 13.2. The van der Waals surface area contributed by atoms with E-state index in [4.69, 9.17) is 0 Å². The molecule has 0 fully saturated rings. The Morgan fingerprint density at radius 1 is 0.842 bits per heavy atom. The minimum Gasteiger partial charge on any atom is -0.171 e. The molecule has 0 bridgehead atoms. The van der Waals surface area contributed by atoms with Crippen molar-refractivity contribution in [3.05, 3.63) is 66.2 Å². The number of thioether (sulfide) groups is 1. The smallest absolute Gasteiger partial charge is 0.171 e. The molecule has 19 heavy (non-hydrogen) atoms. The van der Waals surface area contributed by atoms with E-state index >= 15 is 0 Å². The Balaban J connectivity index is 2.20. The summed E-state index contributed by atoms with van der Waals surface area (Å²) in [5.74, 6) is 0. The molecule has 0 N–H and O–H groups in total. The van der Waals surface area contributed by atoms with Crippen molar-refractivity contribution < 1.29 is 13.2 Å². The topological polar surface area (TPSA) is 0 Å². The van der Waals surface area contributed by atoms with Gasteiger partial charge in [-0.1, -0.05) is 48.5 Å². The van der Waals surface area contributed by atoms with Crippen LogP contribution in [0.1, 0.15) is 17.2 Å². The lowest BCUT2D eigenvalue weighted by Crippen LogP contribution is -2.12. The first-order valence-corrected chi connectivity index (χ1v) is 6.76. The number of halogens is 3. The molecular formula is C15H13F3S. The molecule has 0 aliphatic carbocycles. The second kappa shape index (κ2) is 6.15. The fourth-order valence-corrected chi connectivity index (χ4v) is 2.98. The van der Waals surface area contributed by atoms with E-state index in [1.165, 1.54) is 11.8 Å². The second-order valence-corrected chi connectivity index (χ2v) is 5.43. The van der Waals surface area contributed by atoms with Gasteiger partial charge in [0.1, 0.15) is 0 Å². The van der Waals surface area contributed by atoms with Crippen molar-refractivity contribution in [3.8, 4) is 0 Å². The molecule has 0 nitrogen and oxygen atoms in total. The highest BCUT2D eigenvalue weighted by molar-refractivity contribution is 7.99. The summed E-state index contributed by atoms with van der Waals surface area (Å²) in [7, 11) is 0. The highest BCUT2D eigenvalue weighted by atomic mass is 32.2. The van der Waals surface area contributed by atoms with Crippen molar-refractivity contribution in [3.63, 3.8) is 0 Å². The SMILES string of the molecule is FC(F)(F)CC(Sc1ccccc1)c1ccccc1. The van der Waals surface area contributed by atoms with Crippen LogP contribution in [0.5, 0.6) is 0 Å². The number of hydrogen-bond donors (Lipinski definition) is 0. The van der Waals surface area contributed by atoms with E-state index < -0.39 is 17.8 Å². The fraction of sp³-hybridized carbons (Fsp3) is 0.200. The molecule has 0 heterocycles. The number of rotatable bonds is 4. The summed E-state index contributed by atoms with van der Waals surface area (Å²) in [4.78, 5) is 0.848. The van der Waals surface area contributed by atoms with Gasteiger partial charge in [-0.05, 0) is 17.7 Å². The molecule has 0 spiro atoms. The highest BCUT2D eigenvalue weighted by Gasteiger charge is 2.33. The van der Waals surface area contributed by atoms with E-state index in [1.807, 2.05) is 30.3 Å². The van der Waals surface area contributed by atoms with Crippen LogP contribution in [0.15, 0.2) is 65.6 Å². The van der Waals surface area contributed by atoms with E-state index in [-0.39, 0.29) is 0 Å². The molecule has 1 atom stereocenters. The van der Waals surface area contributed by atoms with E-state index in [0.29, 0.717) is 5.56 Å². The Bertz CT molecular complexity index is 494. The number of benzene rings is 2. The Labute approximate surface area is 114 Å². The largest absolute Gasteiger partial charge is 0.390 e. The van der Waals surface area contributed by atoms with E-state index in [2.05, 4.69) is 0 Å². The van der Waals surface area contributed by atoms with Gasteiger partial charge in [-0.15, -0.1) is 11.8 Å². The van der Waals surface area contributed by atoms with Crippen molar-refractivity contribution in [2.45, 2.75) is 22.7 Å². The Morgan fingerprint density at radius 2 is 1.37 bits per heavy atom. The van der Waals surface area contributed by atoms with E-state index in [0.717, 1.165) is 4.90 Å². The summed E-state index contributed by atoms with van der Waals surface area (Å²) < 4.78 is 38.0. The lowest BCUT2D eigenvalue weighted by molar-refractivity contribution is -0.134. The maximum Gasteiger partial charge on any atom is 0.390 e. The fourth-order valence-electron chi connectivity index (χ4n) is 1.77. The first-order chi connectivity index (χ1) is 9.04. The Morgan fingerprint density at radius 3 is 1.89 bits per heavy atom. The molecule has 2 aromatic carbocycles. The molecule has 0 saturated heterocycles. The Hall–Kier alpha value is -1.42. The number of hydrogen-bond acceptors (Lipinski definition) is 1. The van der Waals surface area contributed by atoms with Crippen molar-refractivity contribution in [2.75, 3.05) is 0 Å². The molecule has 0 saturated carbocycles. The molecule has 100 valence electrons. The first kappa shape index (κ1) is 14.0. The standard InChI is InChI=1S/C15H13F3S/c16-15(17,18)11-14(12-7-3-1-4-8-12)19-13-9-5-2-6-10-13/h1-10,14H,11H2. The molecule has 2 rings (SSSR count). The first-order valence-electron chi connectivity index (χ1n) is 5.88. The average molecular weight is 282 g/mol. The molecule has 2 aromatic rings. The van der Waals surface area contributed by atoms with Gasteiger partial charge in [0.2, 0.25) is 0 Å². The summed E-state index contributed by atoms with van der Waals surface area (Å²) in [5.41, 5.74) is 0.702. The van der Waals surface area contributed by atoms with Gasteiger partial charge in [-0.2, -0.15) is 13.2 Å². The summed E-state index contributed by atoms with van der Waals surface area (Å²) in [5, 5.41) is -0.608. The molecule has 0 aliphatic rings. The van der Waals surface area contributed by atoms with Crippen molar-refractivity contribution >= 4 is 11.8 Å². The summed E-state index contributed by atoms with van der Waals surface area (Å²) >= 11 is 1.25. The third kappa shape index (κ3) is 4.63. The lowest BCUT2D eigenvalue weighted by atomic mass is 10.1. The van der Waals surface area contributed by atoms with Crippen LogP contribution in [0.4, 0.5) is 13.2 Å². The summed E-state index contributed by atoms with van der Waals surface area (Å²) in [6, 6.07) is 18.0. The van der Waals surface area contributed by atoms with Gasteiger partial charge in [0.05, 0.1) is 6.42 Å². The van der Waals surface area contributed by atoms with Gasteiger partial charge in [-0.25, -0.2) is 0 Å². The van der Waals surface area contributed by atoms with Gasteiger partial charge < -0.3 is 0 Å². The lowest BCUT2D eigenvalue weighted by Gasteiger charge is -2.18. The maximum atomic E-state index is 12.7. The number of alkyl halides is 3. The molecule has 0 amide bonds. The molecule has 0 radical (unpaired) electrons. The van der Waals surface area contributed by atoms with E-state index in [1.54, 1.807) is 30.3 Å². The predicted octanol–water partition coefficient (Wildman–Crippen LogP) is 5.47. The second-order valence-electron chi connectivity index (χ2n) is 4.15. The zero-order valence-corrected chi connectivity index (χ0v) is 10.9. The third-order valence-electron chi connectivity index (χ3n) is 2.61. The van der Waals surface area contributed by atoms with Crippen molar-refractivity contribution in [2.24, 2.45) is 0 Å². The monoisotopic (exact) mass is 282 g/mol. The van der Waals surface area contributed by atoms with Crippen LogP contribution in [-0.4, -0.2) is 6.18 Å².